The van der Waals surface area contributed by atoms with E-state index in [9.17, 15) is 44.7 Å². The Morgan fingerprint density at radius 1 is 0.848 bits per heavy atom. The molecule has 1 heterocycles. The van der Waals surface area contributed by atoms with Crippen molar-refractivity contribution < 1.29 is 49.4 Å². The van der Waals surface area contributed by atoms with Gasteiger partial charge in [0.05, 0.1) is 29.4 Å². The zero-order chi connectivity index (χ0) is 48.2. The monoisotopic (exact) mass is 971 g/mol. The molecule has 2 amide bonds. The molecule has 21 heteroatoms. The van der Waals surface area contributed by atoms with Gasteiger partial charge in [0.15, 0.2) is 0 Å². The average molecular weight is 972 g/mol. The summed E-state index contributed by atoms with van der Waals surface area (Å²) in [6, 6.07) is 18.3. The van der Waals surface area contributed by atoms with Gasteiger partial charge in [0.2, 0.25) is 27.8 Å². The number of amides is 2. The summed E-state index contributed by atoms with van der Waals surface area (Å²) in [4.78, 5) is 36.9. The number of nitrogens with one attached hydrogen (secondary N) is 4. The lowest BCUT2D eigenvalue weighted by Crippen LogP contribution is -2.56. The van der Waals surface area contributed by atoms with E-state index in [1.807, 2.05) is 0 Å². The van der Waals surface area contributed by atoms with Gasteiger partial charge in [0.1, 0.15) is 28.9 Å². The normalized spacial score (nSPS) is 14.2. The standard InChI is InChI=1S/C45H52F3N7O8S3/c1-28-23-38(63-4)29(2)30(3)40(28)66(61,62)55-44(49)51-20-12-19-35(39(56)43-50-21-22-64-43)52-41(57)36(26-33-17-11-18-34(24-33)45(46,47)48)53-42(58)37(25-31-13-7-5-8-14-31)54-65(59,60)27-32-15-9-6-10-16-32/h5-11,13-18,21-24,35-37,39,54,56H,12,19-20,25-27H2,1-4H3,(H,52,57)(H,53,58)(H3,49,51,55)/t35-,36-,37+,39?/m0/s1. The summed E-state index contributed by atoms with van der Waals surface area (Å²) in [5.74, 6) is -2.23. The van der Waals surface area contributed by atoms with Crippen molar-refractivity contribution in [3.8, 4) is 5.75 Å². The van der Waals surface area contributed by atoms with Gasteiger partial charge in [-0.25, -0.2) is 31.3 Å². The van der Waals surface area contributed by atoms with Crippen LogP contribution in [0.3, 0.4) is 0 Å². The number of rotatable bonds is 21. The quantitative estimate of drug-likeness (QED) is 0.0322. The number of carbonyl (C=O) groups is 2. The van der Waals surface area contributed by atoms with Gasteiger partial charge in [-0.1, -0.05) is 78.9 Å². The second-order valence-corrected chi connectivity index (χ2v) is 19.8. The minimum atomic E-state index is -4.73. The third-order valence-corrected chi connectivity index (χ3v) is 14.4. The van der Waals surface area contributed by atoms with E-state index in [4.69, 9.17) is 10.5 Å². The molecule has 15 nitrogen and oxygen atoms in total. The summed E-state index contributed by atoms with van der Waals surface area (Å²) in [5.41, 5.74) is 7.57. The average Bonchev–Trinajstić information content (AvgIpc) is 3.81. The molecule has 0 radical (unpaired) electrons. The number of halogens is 3. The fourth-order valence-corrected chi connectivity index (χ4v) is 10.7. The largest absolute Gasteiger partial charge is 0.496 e. The van der Waals surface area contributed by atoms with Crippen molar-refractivity contribution in [1.29, 1.82) is 0 Å². The number of hydrogen-bond acceptors (Lipinski definition) is 11. The van der Waals surface area contributed by atoms with E-state index in [1.54, 1.807) is 92.9 Å². The maximum atomic E-state index is 14.4. The predicted molar refractivity (Wildman–Crippen MR) is 245 cm³/mol. The van der Waals surface area contributed by atoms with E-state index in [-0.39, 0.29) is 41.3 Å². The number of aliphatic hydroxyl groups is 1. The maximum absolute atomic E-state index is 14.4. The molecular weight excluding hydrogens is 920 g/mol. The van der Waals surface area contributed by atoms with Crippen LogP contribution in [0.15, 0.2) is 112 Å². The number of methoxy groups -OCH3 is 1. The van der Waals surface area contributed by atoms with Crippen LogP contribution in [0.1, 0.15) is 62.9 Å². The van der Waals surface area contributed by atoms with Crippen LogP contribution in [-0.4, -0.2) is 76.5 Å². The van der Waals surface area contributed by atoms with Gasteiger partial charge >= 0.3 is 6.18 Å². The number of aromatic nitrogens is 1. The molecule has 1 aromatic heterocycles. The molecule has 354 valence electrons. The van der Waals surface area contributed by atoms with Crippen LogP contribution in [0.25, 0.3) is 0 Å². The number of aliphatic imine (C=N–C) groups is 1. The van der Waals surface area contributed by atoms with Crippen molar-refractivity contribution in [2.75, 3.05) is 13.7 Å². The summed E-state index contributed by atoms with van der Waals surface area (Å²) in [5, 5.41) is 18.6. The summed E-state index contributed by atoms with van der Waals surface area (Å²) >= 11 is 1.09. The zero-order valence-electron chi connectivity index (χ0n) is 36.5. The van der Waals surface area contributed by atoms with Crippen molar-refractivity contribution in [2.24, 2.45) is 10.7 Å². The molecule has 0 saturated heterocycles. The van der Waals surface area contributed by atoms with Crippen LogP contribution in [0.2, 0.25) is 0 Å². The lowest BCUT2D eigenvalue weighted by atomic mass is 9.99. The number of nitrogens with zero attached hydrogens (tertiary/aromatic N) is 2. The van der Waals surface area contributed by atoms with E-state index >= 15 is 0 Å². The first-order chi connectivity index (χ1) is 31.2. The zero-order valence-corrected chi connectivity index (χ0v) is 39.0. The first-order valence-corrected chi connectivity index (χ1v) is 24.6. The number of aliphatic hydroxyl groups excluding tert-OH is 1. The number of aryl methyl sites for hydroxylation is 1. The van der Waals surface area contributed by atoms with Gasteiger partial charge < -0.3 is 26.2 Å². The third kappa shape index (κ3) is 14.3. The Morgan fingerprint density at radius 3 is 2.09 bits per heavy atom. The molecule has 0 aliphatic carbocycles. The number of carbonyl (C=O) groups excluding carboxylic acids is 2. The van der Waals surface area contributed by atoms with Crippen LogP contribution in [0.4, 0.5) is 13.2 Å². The van der Waals surface area contributed by atoms with E-state index < -0.39 is 86.0 Å². The summed E-state index contributed by atoms with van der Waals surface area (Å²) in [6.07, 6.45) is -5.22. The highest BCUT2D eigenvalue weighted by Gasteiger charge is 2.34. The molecule has 5 rings (SSSR count). The Hall–Kier alpha value is -5.87. The number of nitrogens with two attached hydrogens (primary N) is 1. The Bertz CT molecular complexity index is 2690. The molecule has 0 aliphatic heterocycles. The Labute approximate surface area is 386 Å². The second-order valence-electron chi connectivity index (χ2n) is 15.5. The molecule has 5 aromatic rings. The molecule has 0 fully saturated rings. The van der Waals surface area contributed by atoms with Crippen molar-refractivity contribution in [3.05, 3.63) is 147 Å². The number of alkyl halides is 3. The highest BCUT2D eigenvalue weighted by Crippen LogP contribution is 2.31. The minimum absolute atomic E-state index is 0.00789. The molecule has 0 aliphatic rings. The van der Waals surface area contributed by atoms with Crippen molar-refractivity contribution in [3.63, 3.8) is 0 Å². The van der Waals surface area contributed by atoms with Crippen molar-refractivity contribution >= 4 is 49.2 Å². The van der Waals surface area contributed by atoms with Crippen LogP contribution in [0, 0.1) is 20.8 Å². The lowest BCUT2D eigenvalue weighted by molar-refractivity contribution is -0.137. The lowest BCUT2D eigenvalue weighted by Gasteiger charge is -2.27. The number of ether oxygens (including phenoxy) is 1. The van der Waals surface area contributed by atoms with Crippen molar-refractivity contribution in [1.82, 2.24) is 25.1 Å². The maximum Gasteiger partial charge on any atom is 0.416 e. The molecule has 7 N–H and O–H groups in total. The van der Waals surface area contributed by atoms with Gasteiger partial charge in [-0.2, -0.15) is 13.2 Å². The van der Waals surface area contributed by atoms with E-state index in [0.29, 0.717) is 33.6 Å². The number of benzene rings is 4. The van der Waals surface area contributed by atoms with Crippen LogP contribution >= 0.6 is 11.3 Å². The second kappa shape index (κ2) is 22.6. The van der Waals surface area contributed by atoms with Crippen LogP contribution < -0.4 is 30.5 Å². The minimum Gasteiger partial charge on any atom is -0.496 e. The highest BCUT2D eigenvalue weighted by molar-refractivity contribution is 7.90. The topological polar surface area (TPSA) is 231 Å². The van der Waals surface area contributed by atoms with Gasteiger partial charge in [-0.15, -0.1) is 11.3 Å². The first-order valence-electron chi connectivity index (χ1n) is 20.6. The Balaban J connectivity index is 1.39. The third-order valence-electron chi connectivity index (χ3n) is 10.5. The van der Waals surface area contributed by atoms with Gasteiger partial charge in [0, 0.05) is 24.5 Å². The summed E-state index contributed by atoms with van der Waals surface area (Å²) in [6.45, 7) is 4.90. The SMILES string of the molecule is COc1cc(C)c(S(=O)(=O)NC(N)=NCCC[C@H](NC(=O)[C@H](Cc2cccc(C(F)(F)F)c2)NC(=O)[C@@H](Cc2ccccc2)NS(=O)(=O)Cc2ccccc2)C(O)c2nccs2)c(C)c1C. The Morgan fingerprint density at radius 2 is 1.47 bits per heavy atom. The van der Waals surface area contributed by atoms with Crippen LogP contribution in [-0.2, 0) is 54.4 Å². The first kappa shape index (κ1) is 51.1. The summed E-state index contributed by atoms with van der Waals surface area (Å²) < 4.78 is 105. The van der Waals surface area contributed by atoms with E-state index in [0.717, 1.165) is 29.5 Å². The van der Waals surface area contributed by atoms with Gasteiger partial charge in [0.25, 0.3) is 10.0 Å². The number of sulfonamides is 2. The Kier molecular flexibility index (Phi) is 17.5. The molecule has 0 bridgehead atoms. The molecule has 4 atom stereocenters. The predicted octanol–water partition coefficient (Wildman–Crippen LogP) is 5.15. The molecule has 66 heavy (non-hydrogen) atoms. The number of hydrogen-bond donors (Lipinski definition) is 6. The molecule has 4 aromatic carbocycles. The number of guanidine groups is 1. The van der Waals surface area contributed by atoms with Crippen LogP contribution in [0.5, 0.6) is 5.75 Å². The molecule has 0 spiro atoms. The van der Waals surface area contributed by atoms with E-state index in [1.165, 1.54) is 19.4 Å². The van der Waals surface area contributed by atoms with E-state index in [2.05, 4.69) is 30.1 Å². The number of thiazole rings is 1. The molecule has 0 saturated carbocycles. The molecular formula is C45H52F3N7O8S3. The van der Waals surface area contributed by atoms with Crippen molar-refractivity contribution in [2.45, 2.75) is 87.5 Å². The fourth-order valence-electron chi connectivity index (χ4n) is 7.21. The molecule has 1 unspecified atom stereocenters. The fraction of sp³-hybridized carbons (Fsp3) is 0.333. The summed E-state index contributed by atoms with van der Waals surface area (Å²) in [7, 11) is -6.89. The van der Waals surface area contributed by atoms with Gasteiger partial charge in [-0.3, -0.25) is 14.6 Å². The van der Waals surface area contributed by atoms with Gasteiger partial charge in [-0.05, 0) is 85.5 Å². The highest BCUT2D eigenvalue weighted by atomic mass is 32.2. The smallest absolute Gasteiger partial charge is 0.416 e.